The molecule has 7 heteroatoms. The second-order valence-corrected chi connectivity index (χ2v) is 10.6. The summed E-state index contributed by atoms with van der Waals surface area (Å²) in [6, 6.07) is 6.51. The summed E-state index contributed by atoms with van der Waals surface area (Å²) < 4.78 is 0. The summed E-state index contributed by atoms with van der Waals surface area (Å²) in [5, 5.41) is 4.18. The number of aromatic amines is 1. The topological polar surface area (TPSA) is 68.4 Å². The van der Waals surface area contributed by atoms with E-state index in [9.17, 15) is 9.59 Å². The van der Waals surface area contributed by atoms with Crippen LogP contribution in [0.25, 0.3) is 0 Å². The number of halogens is 1. The molecular formula is C27H39ClN4O2. The van der Waals surface area contributed by atoms with Crippen LogP contribution in [0.5, 0.6) is 0 Å². The third kappa shape index (κ3) is 6.02. The first-order valence-corrected chi connectivity index (χ1v) is 12.5. The van der Waals surface area contributed by atoms with Crippen LogP contribution < -0.4 is 10.9 Å². The van der Waals surface area contributed by atoms with Crippen LogP contribution in [0.2, 0.25) is 5.02 Å². The van der Waals surface area contributed by atoms with Crippen molar-refractivity contribution in [2.24, 2.45) is 5.92 Å². The van der Waals surface area contributed by atoms with Gasteiger partial charge in [-0.25, -0.2) is 0 Å². The first-order valence-electron chi connectivity index (χ1n) is 12.2. The summed E-state index contributed by atoms with van der Waals surface area (Å²) in [6.07, 6.45) is 4.81. The number of anilines is 1. The molecule has 1 amide bonds. The van der Waals surface area contributed by atoms with E-state index in [-0.39, 0.29) is 24.1 Å². The van der Waals surface area contributed by atoms with Crippen LogP contribution in [0.4, 0.5) is 5.69 Å². The molecule has 0 saturated heterocycles. The van der Waals surface area contributed by atoms with Gasteiger partial charge in [-0.1, -0.05) is 11.6 Å². The van der Waals surface area contributed by atoms with Gasteiger partial charge in [-0.05, 0) is 103 Å². The average Bonchev–Trinajstić information content (AvgIpc) is 2.77. The molecule has 0 spiro atoms. The van der Waals surface area contributed by atoms with Crippen LogP contribution in [0.15, 0.2) is 23.0 Å². The Labute approximate surface area is 208 Å². The second-order valence-electron chi connectivity index (χ2n) is 10.2. The van der Waals surface area contributed by atoms with Gasteiger partial charge in [-0.3, -0.25) is 9.59 Å². The highest BCUT2D eigenvalue weighted by Gasteiger charge is 2.27. The standard InChI is InChI=1S/C27H39ClN4O2/c1-16-12-17(2)29-26(33)24(16)15-32(7)27(34)23-13-21(28)14-25(18(23)3)30-19(4)20-8-10-22(11-9-20)31(5)6/h12-14,19-20,22,30H,8-11,15H2,1-7H3,(H,29,33)/t19?,20-,22-. The van der Waals surface area contributed by atoms with Gasteiger partial charge < -0.3 is 20.1 Å². The van der Waals surface area contributed by atoms with E-state index in [1.807, 2.05) is 32.9 Å². The van der Waals surface area contributed by atoms with Gasteiger partial charge in [0, 0.05) is 46.7 Å². The molecule has 6 nitrogen and oxygen atoms in total. The van der Waals surface area contributed by atoms with Crippen molar-refractivity contribution in [3.63, 3.8) is 0 Å². The molecule has 1 fully saturated rings. The minimum atomic E-state index is -0.153. The van der Waals surface area contributed by atoms with Gasteiger partial charge in [0.05, 0.1) is 6.54 Å². The number of carbonyl (C=O) groups excluding carboxylic acids is 1. The van der Waals surface area contributed by atoms with Crippen molar-refractivity contribution in [3.05, 3.63) is 61.5 Å². The zero-order valence-electron chi connectivity index (χ0n) is 21.6. The Morgan fingerprint density at radius 3 is 2.35 bits per heavy atom. The predicted octanol–water partition coefficient (Wildman–Crippen LogP) is 5.15. The third-order valence-electron chi connectivity index (χ3n) is 7.40. The molecule has 3 rings (SSSR count). The highest BCUT2D eigenvalue weighted by Crippen LogP contribution is 2.32. The second kappa shape index (κ2) is 11.0. The Kier molecular flexibility index (Phi) is 8.47. The monoisotopic (exact) mass is 486 g/mol. The van der Waals surface area contributed by atoms with Gasteiger partial charge >= 0.3 is 0 Å². The van der Waals surface area contributed by atoms with Gasteiger partial charge in [0.25, 0.3) is 11.5 Å². The van der Waals surface area contributed by atoms with E-state index in [0.29, 0.717) is 28.1 Å². The number of pyridine rings is 1. The van der Waals surface area contributed by atoms with Crippen molar-refractivity contribution in [2.45, 2.75) is 72.0 Å². The molecule has 2 N–H and O–H groups in total. The molecule has 1 saturated carbocycles. The van der Waals surface area contributed by atoms with E-state index in [2.05, 4.69) is 36.2 Å². The number of hydrogen-bond acceptors (Lipinski definition) is 4. The quantitative estimate of drug-likeness (QED) is 0.568. The number of nitrogens with zero attached hydrogens (tertiary/aromatic N) is 2. The SMILES string of the molecule is Cc1cc(C)c(CN(C)C(=O)c2cc(Cl)cc(NC(C)[C@H]3CC[C@H](N(C)C)CC3)c2C)c(=O)[nH]1. The third-order valence-corrected chi connectivity index (χ3v) is 7.62. The molecule has 0 radical (unpaired) electrons. The number of benzene rings is 1. The van der Waals surface area contributed by atoms with Crippen LogP contribution in [0.3, 0.4) is 0 Å². The number of hydrogen-bond donors (Lipinski definition) is 2. The van der Waals surface area contributed by atoms with Crippen LogP contribution in [0, 0.1) is 26.7 Å². The Morgan fingerprint density at radius 2 is 1.76 bits per heavy atom. The van der Waals surface area contributed by atoms with E-state index < -0.39 is 0 Å². The molecular weight excluding hydrogens is 448 g/mol. The number of aryl methyl sites for hydroxylation is 2. The highest BCUT2D eigenvalue weighted by molar-refractivity contribution is 6.31. The number of amides is 1. The van der Waals surface area contributed by atoms with Crippen molar-refractivity contribution in [1.82, 2.24) is 14.8 Å². The maximum atomic E-state index is 13.4. The molecule has 1 aromatic heterocycles. The fourth-order valence-electron chi connectivity index (χ4n) is 5.12. The maximum Gasteiger partial charge on any atom is 0.254 e. The number of nitrogens with one attached hydrogen (secondary N) is 2. The fraction of sp³-hybridized carbons (Fsp3) is 0.556. The van der Waals surface area contributed by atoms with Crippen LogP contribution in [-0.2, 0) is 6.54 Å². The lowest BCUT2D eigenvalue weighted by atomic mass is 9.81. The Bertz CT molecular complexity index is 1090. The smallest absolute Gasteiger partial charge is 0.254 e. The summed E-state index contributed by atoms with van der Waals surface area (Å²) in [7, 11) is 6.04. The zero-order chi connectivity index (χ0) is 25.2. The van der Waals surface area contributed by atoms with Crippen LogP contribution in [-0.4, -0.2) is 53.9 Å². The summed E-state index contributed by atoms with van der Waals surface area (Å²) in [6.45, 7) is 8.17. The highest BCUT2D eigenvalue weighted by atomic mass is 35.5. The number of rotatable bonds is 7. The van der Waals surface area contributed by atoms with Crippen molar-refractivity contribution < 1.29 is 4.79 Å². The molecule has 1 atom stereocenters. The minimum Gasteiger partial charge on any atom is -0.382 e. The summed E-state index contributed by atoms with van der Waals surface area (Å²) in [5.74, 6) is 0.439. The van der Waals surface area contributed by atoms with Gasteiger partial charge in [-0.2, -0.15) is 0 Å². The summed E-state index contributed by atoms with van der Waals surface area (Å²) >= 11 is 6.45. The van der Waals surface area contributed by atoms with Gasteiger partial charge in [-0.15, -0.1) is 0 Å². The molecule has 1 unspecified atom stereocenters. The molecule has 34 heavy (non-hydrogen) atoms. The lowest BCUT2D eigenvalue weighted by Crippen LogP contribution is -2.36. The van der Waals surface area contributed by atoms with Gasteiger partial charge in [0.2, 0.25) is 0 Å². The minimum absolute atomic E-state index is 0.151. The molecule has 1 aliphatic rings. The Hall–Kier alpha value is -2.31. The molecule has 186 valence electrons. The first kappa shape index (κ1) is 26.3. The Balaban J connectivity index is 1.76. The average molecular weight is 487 g/mol. The molecule has 1 aliphatic carbocycles. The van der Waals surface area contributed by atoms with Crippen molar-refractivity contribution in [1.29, 1.82) is 0 Å². The normalized spacial score (nSPS) is 19.2. The summed E-state index contributed by atoms with van der Waals surface area (Å²) in [5.41, 5.74) is 4.47. The maximum absolute atomic E-state index is 13.4. The first-order chi connectivity index (χ1) is 16.0. The lowest BCUT2D eigenvalue weighted by molar-refractivity contribution is 0.0783. The molecule has 1 heterocycles. The van der Waals surface area contributed by atoms with E-state index >= 15 is 0 Å². The van der Waals surface area contributed by atoms with Crippen LogP contribution >= 0.6 is 11.6 Å². The van der Waals surface area contributed by atoms with Crippen molar-refractivity contribution in [2.75, 3.05) is 26.5 Å². The van der Waals surface area contributed by atoms with Crippen molar-refractivity contribution >= 4 is 23.2 Å². The molecule has 0 bridgehead atoms. The molecule has 1 aromatic carbocycles. The van der Waals surface area contributed by atoms with E-state index in [4.69, 9.17) is 11.6 Å². The van der Waals surface area contributed by atoms with Gasteiger partial charge in [0.15, 0.2) is 0 Å². The predicted molar refractivity (Wildman–Crippen MR) is 141 cm³/mol. The number of aromatic nitrogens is 1. The number of H-pyrrole nitrogens is 1. The number of carbonyl (C=O) groups is 1. The van der Waals surface area contributed by atoms with E-state index in [1.54, 1.807) is 18.0 Å². The van der Waals surface area contributed by atoms with E-state index in [1.165, 1.54) is 25.7 Å². The molecule has 2 aromatic rings. The fourth-order valence-corrected chi connectivity index (χ4v) is 5.34. The van der Waals surface area contributed by atoms with E-state index in [0.717, 1.165) is 22.5 Å². The Morgan fingerprint density at radius 1 is 1.12 bits per heavy atom. The largest absolute Gasteiger partial charge is 0.382 e. The summed E-state index contributed by atoms with van der Waals surface area (Å²) in [4.78, 5) is 32.5. The van der Waals surface area contributed by atoms with Crippen molar-refractivity contribution in [3.8, 4) is 0 Å². The zero-order valence-corrected chi connectivity index (χ0v) is 22.3. The lowest BCUT2D eigenvalue weighted by Gasteiger charge is -2.36. The van der Waals surface area contributed by atoms with Gasteiger partial charge in [0.1, 0.15) is 0 Å². The molecule has 0 aliphatic heterocycles. The van der Waals surface area contributed by atoms with Crippen LogP contribution in [0.1, 0.15) is 65.3 Å².